The summed E-state index contributed by atoms with van der Waals surface area (Å²) >= 11 is 0. The van der Waals surface area contributed by atoms with Crippen LogP contribution in [0.1, 0.15) is 49.3 Å². The second-order valence-electron chi connectivity index (χ2n) is 7.56. The second kappa shape index (κ2) is 7.95. The summed E-state index contributed by atoms with van der Waals surface area (Å²) in [5, 5.41) is 7.41. The Balaban J connectivity index is 2.11. The Morgan fingerprint density at radius 1 is 1.43 bits per heavy atom. The van der Waals surface area contributed by atoms with E-state index in [1.165, 1.54) is 0 Å². The Morgan fingerprint density at radius 2 is 2.18 bits per heavy atom. The number of imide groups is 1. The summed E-state index contributed by atoms with van der Waals surface area (Å²) < 4.78 is 31.2. The van der Waals surface area contributed by atoms with Gasteiger partial charge in [-0.3, -0.25) is 19.6 Å². The zero-order chi connectivity index (χ0) is 20.5. The molecule has 0 saturated carbocycles. The third kappa shape index (κ3) is 3.65. The summed E-state index contributed by atoms with van der Waals surface area (Å²) in [4.78, 5) is 24.8. The topological polar surface area (TPSA) is 67.2 Å². The van der Waals surface area contributed by atoms with E-state index in [2.05, 4.69) is 10.4 Å². The molecule has 8 heteroatoms. The van der Waals surface area contributed by atoms with Gasteiger partial charge in [-0.1, -0.05) is 31.5 Å². The number of aryl methyl sites for hydroxylation is 1. The lowest BCUT2D eigenvalue weighted by molar-refractivity contribution is -0.126. The molecule has 2 amide bonds. The highest BCUT2D eigenvalue weighted by Gasteiger charge is 2.45. The average molecular weight is 392 g/mol. The smallest absolute Gasteiger partial charge is 0.267 e. The standard InChI is InChI=1S/C20H26F2N4O2/c1-4-6-15(19(28)23-12-27)17-14-8-5-7-13(18(14)26(3)24-17)16-9-10-25(2)11-20(16,21)22/h5,7-8,12,15-16H,4,6,9-11H2,1-3H3,(H,23,27,28). The molecule has 1 N–H and O–H groups in total. The van der Waals surface area contributed by atoms with Crippen LogP contribution >= 0.6 is 0 Å². The fourth-order valence-electron chi connectivity index (χ4n) is 4.27. The van der Waals surface area contributed by atoms with Gasteiger partial charge in [0.05, 0.1) is 29.6 Å². The van der Waals surface area contributed by atoms with Crippen molar-refractivity contribution in [2.75, 3.05) is 20.1 Å². The molecule has 1 aliphatic heterocycles. The Hall–Kier alpha value is -2.35. The third-order valence-electron chi connectivity index (χ3n) is 5.52. The van der Waals surface area contributed by atoms with Crippen LogP contribution < -0.4 is 5.32 Å². The summed E-state index contributed by atoms with van der Waals surface area (Å²) in [5.41, 5.74) is 1.71. The summed E-state index contributed by atoms with van der Waals surface area (Å²) in [6, 6.07) is 5.29. The van der Waals surface area contributed by atoms with Crippen molar-refractivity contribution in [2.24, 2.45) is 7.05 Å². The van der Waals surface area contributed by atoms with Crippen LogP contribution in [0, 0.1) is 0 Å². The number of hydrogen-bond acceptors (Lipinski definition) is 4. The van der Waals surface area contributed by atoms with Gasteiger partial charge in [0, 0.05) is 12.4 Å². The lowest BCUT2D eigenvalue weighted by atomic mass is 9.84. The number of piperidine rings is 1. The minimum absolute atomic E-state index is 0.279. The molecule has 6 nitrogen and oxygen atoms in total. The number of halogens is 2. The van der Waals surface area contributed by atoms with E-state index in [1.54, 1.807) is 35.8 Å². The number of para-hydroxylation sites is 1. The number of rotatable bonds is 6. The van der Waals surface area contributed by atoms with Gasteiger partial charge in [0.15, 0.2) is 0 Å². The maximum absolute atomic E-state index is 14.8. The van der Waals surface area contributed by atoms with Crippen LogP contribution in [-0.4, -0.2) is 53.1 Å². The quantitative estimate of drug-likeness (QED) is 0.768. The number of fused-ring (bicyclic) bond motifs is 1. The third-order valence-corrected chi connectivity index (χ3v) is 5.52. The highest BCUT2D eigenvalue weighted by atomic mass is 19.3. The molecule has 3 rings (SSSR count). The molecule has 0 radical (unpaired) electrons. The van der Waals surface area contributed by atoms with E-state index in [0.29, 0.717) is 48.0 Å². The first-order valence-electron chi connectivity index (χ1n) is 9.56. The number of hydrogen-bond donors (Lipinski definition) is 1. The van der Waals surface area contributed by atoms with Crippen molar-refractivity contribution in [3.05, 3.63) is 29.5 Å². The minimum atomic E-state index is -2.84. The molecule has 0 spiro atoms. The molecule has 1 aromatic carbocycles. The highest BCUT2D eigenvalue weighted by molar-refractivity contribution is 5.95. The average Bonchev–Trinajstić information content (AvgIpc) is 2.96. The number of carbonyl (C=O) groups is 2. The monoisotopic (exact) mass is 392 g/mol. The van der Waals surface area contributed by atoms with Crippen LogP contribution in [0.3, 0.4) is 0 Å². The Labute approximate surface area is 162 Å². The molecule has 2 aromatic rings. The van der Waals surface area contributed by atoms with Crippen LogP contribution in [0.4, 0.5) is 8.78 Å². The first kappa shape index (κ1) is 20.4. The van der Waals surface area contributed by atoms with Crippen LogP contribution in [0.15, 0.2) is 18.2 Å². The zero-order valence-corrected chi connectivity index (χ0v) is 16.4. The maximum atomic E-state index is 14.8. The van der Waals surface area contributed by atoms with Crippen molar-refractivity contribution in [3.8, 4) is 0 Å². The molecule has 0 bridgehead atoms. The van der Waals surface area contributed by atoms with Crippen molar-refractivity contribution in [1.82, 2.24) is 20.0 Å². The fraction of sp³-hybridized carbons (Fsp3) is 0.550. The van der Waals surface area contributed by atoms with E-state index in [9.17, 15) is 18.4 Å². The molecule has 28 heavy (non-hydrogen) atoms. The number of nitrogens with one attached hydrogen (secondary N) is 1. The molecule has 1 aliphatic rings. The van der Waals surface area contributed by atoms with E-state index >= 15 is 0 Å². The number of nitrogens with zero attached hydrogens (tertiary/aromatic N) is 3. The Kier molecular flexibility index (Phi) is 5.79. The predicted molar refractivity (Wildman–Crippen MR) is 102 cm³/mol. The number of alkyl halides is 2. The van der Waals surface area contributed by atoms with Crippen molar-refractivity contribution in [2.45, 2.75) is 43.9 Å². The summed E-state index contributed by atoms with van der Waals surface area (Å²) in [7, 11) is 3.41. The van der Waals surface area contributed by atoms with Gasteiger partial charge >= 0.3 is 0 Å². The normalized spacial score (nSPS) is 20.8. The molecule has 152 valence electrons. The number of carbonyl (C=O) groups excluding carboxylic acids is 2. The second-order valence-corrected chi connectivity index (χ2v) is 7.56. The SMILES string of the molecule is CCCC(C(=O)NC=O)c1nn(C)c2c(C3CCN(C)CC3(F)F)cccc12. The van der Waals surface area contributed by atoms with Gasteiger partial charge in [0.25, 0.3) is 5.92 Å². The highest BCUT2D eigenvalue weighted by Crippen LogP contribution is 2.43. The van der Waals surface area contributed by atoms with Crippen molar-refractivity contribution < 1.29 is 18.4 Å². The van der Waals surface area contributed by atoms with Gasteiger partial charge in [-0.25, -0.2) is 8.78 Å². The number of aromatic nitrogens is 2. The molecular weight excluding hydrogens is 366 g/mol. The molecule has 2 atom stereocenters. The fourth-order valence-corrected chi connectivity index (χ4v) is 4.27. The van der Waals surface area contributed by atoms with Gasteiger partial charge in [-0.15, -0.1) is 0 Å². The molecule has 2 unspecified atom stereocenters. The Morgan fingerprint density at radius 3 is 2.82 bits per heavy atom. The van der Waals surface area contributed by atoms with Crippen LogP contribution in [-0.2, 0) is 16.6 Å². The van der Waals surface area contributed by atoms with E-state index in [0.717, 1.165) is 6.42 Å². The minimum Gasteiger partial charge on any atom is -0.301 e. The number of likely N-dealkylation sites (tertiary alicyclic amines) is 1. The zero-order valence-electron chi connectivity index (χ0n) is 16.4. The van der Waals surface area contributed by atoms with Crippen molar-refractivity contribution >= 4 is 23.2 Å². The van der Waals surface area contributed by atoms with Crippen LogP contribution in [0.5, 0.6) is 0 Å². The predicted octanol–water partition coefficient (Wildman–Crippen LogP) is 2.78. The van der Waals surface area contributed by atoms with Crippen LogP contribution in [0.25, 0.3) is 10.9 Å². The van der Waals surface area contributed by atoms with Gasteiger partial charge in [0.1, 0.15) is 0 Å². The van der Waals surface area contributed by atoms with E-state index < -0.39 is 23.7 Å². The lowest BCUT2D eigenvalue weighted by Gasteiger charge is -2.37. The van der Waals surface area contributed by atoms with Crippen molar-refractivity contribution in [1.29, 1.82) is 0 Å². The first-order chi connectivity index (χ1) is 13.3. The number of benzene rings is 1. The molecular formula is C20H26F2N4O2. The maximum Gasteiger partial charge on any atom is 0.267 e. The molecule has 1 saturated heterocycles. The largest absolute Gasteiger partial charge is 0.301 e. The molecule has 2 heterocycles. The van der Waals surface area contributed by atoms with Gasteiger partial charge < -0.3 is 4.90 Å². The van der Waals surface area contributed by atoms with Crippen LogP contribution in [0.2, 0.25) is 0 Å². The van der Waals surface area contributed by atoms with Gasteiger partial charge in [-0.05, 0) is 32.0 Å². The first-order valence-corrected chi connectivity index (χ1v) is 9.56. The molecule has 1 aromatic heterocycles. The van der Waals surface area contributed by atoms with Crippen molar-refractivity contribution in [3.63, 3.8) is 0 Å². The lowest BCUT2D eigenvalue weighted by Crippen LogP contribution is -2.45. The van der Waals surface area contributed by atoms with E-state index in [1.807, 2.05) is 13.0 Å². The number of amides is 2. The van der Waals surface area contributed by atoms with Gasteiger partial charge in [-0.2, -0.15) is 5.10 Å². The Bertz CT molecular complexity index is 880. The van der Waals surface area contributed by atoms with Gasteiger partial charge in [0.2, 0.25) is 12.3 Å². The van der Waals surface area contributed by atoms with E-state index in [4.69, 9.17) is 0 Å². The van der Waals surface area contributed by atoms with E-state index in [-0.39, 0.29) is 6.54 Å². The molecule has 1 fully saturated rings. The summed E-state index contributed by atoms with van der Waals surface area (Å²) in [6.45, 7) is 2.26. The summed E-state index contributed by atoms with van der Waals surface area (Å²) in [5.74, 6) is -4.77. The molecule has 0 aliphatic carbocycles. The summed E-state index contributed by atoms with van der Waals surface area (Å²) in [6.07, 6.45) is 1.95.